The van der Waals surface area contributed by atoms with Crippen molar-refractivity contribution in [2.24, 2.45) is 0 Å². The van der Waals surface area contributed by atoms with Crippen molar-refractivity contribution in [3.8, 4) is 0 Å². The molecular weight excluding hydrogens is 206 g/mol. The van der Waals surface area contributed by atoms with Crippen LogP contribution in [0.2, 0.25) is 0 Å². The van der Waals surface area contributed by atoms with Crippen molar-refractivity contribution in [1.29, 1.82) is 0 Å². The highest BCUT2D eigenvalue weighted by Gasteiger charge is 2.06. The highest BCUT2D eigenvalue weighted by Crippen LogP contribution is 2.07. The molecule has 1 unspecified atom stereocenters. The van der Waals surface area contributed by atoms with Crippen LogP contribution in [0.25, 0.3) is 0 Å². The van der Waals surface area contributed by atoms with Crippen LogP contribution in [-0.4, -0.2) is 24.7 Å². The first kappa shape index (κ1) is 12.8. The van der Waals surface area contributed by atoms with E-state index < -0.39 is 0 Å². The average Bonchev–Trinajstić information content (AvgIpc) is 2.34. The average molecular weight is 223 g/mol. The number of carbonyl (C=O) groups excluding carboxylic acids is 1. The summed E-state index contributed by atoms with van der Waals surface area (Å²) < 4.78 is 10.7. The lowest BCUT2D eigenvalue weighted by molar-refractivity contribution is -0.135. The van der Waals surface area contributed by atoms with E-state index >= 15 is 0 Å². The van der Waals surface area contributed by atoms with Gasteiger partial charge in [0.15, 0.2) is 12.6 Å². The molecule has 0 bridgehead atoms. The molecule has 0 aliphatic carbocycles. The van der Waals surface area contributed by atoms with Gasteiger partial charge in [-0.15, -0.1) is 0 Å². The van der Waals surface area contributed by atoms with Gasteiger partial charge < -0.3 is 9.47 Å². The number of carbonyl (C=O) groups is 1. The minimum absolute atomic E-state index is 0.202. The number of pyridine rings is 1. The predicted octanol–water partition coefficient (Wildman–Crippen LogP) is 2.18. The fraction of sp³-hybridized carbons (Fsp3) is 0.500. The van der Waals surface area contributed by atoms with Gasteiger partial charge in [-0.1, -0.05) is 19.4 Å². The molecule has 1 atom stereocenters. The third-order valence-corrected chi connectivity index (χ3v) is 2.15. The summed E-state index contributed by atoms with van der Waals surface area (Å²) in [6, 6.07) is 5.28. The maximum Gasteiger partial charge on any atom is 0.168 e. The second kappa shape index (κ2) is 7.09. The summed E-state index contributed by atoms with van der Waals surface area (Å²) in [6.45, 7) is 2.43. The van der Waals surface area contributed by atoms with Crippen molar-refractivity contribution in [3.05, 3.63) is 29.6 Å². The molecule has 0 saturated carbocycles. The molecule has 0 aliphatic heterocycles. The Morgan fingerprint density at radius 2 is 2.31 bits per heavy atom. The predicted molar refractivity (Wildman–Crippen MR) is 60.1 cm³/mol. The zero-order valence-electron chi connectivity index (χ0n) is 9.68. The van der Waals surface area contributed by atoms with Crippen LogP contribution in [0.3, 0.4) is 0 Å². The van der Waals surface area contributed by atoms with Crippen molar-refractivity contribution in [3.63, 3.8) is 0 Å². The van der Waals surface area contributed by atoms with Crippen LogP contribution in [-0.2, 0) is 16.1 Å². The Bertz CT molecular complexity index is 328. The van der Waals surface area contributed by atoms with Crippen LogP contribution in [0, 0.1) is 0 Å². The van der Waals surface area contributed by atoms with Gasteiger partial charge >= 0.3 is 0 Å². The lowest BCUT2D eigenvalue weighted by atomic mass is 10.3. The molecule has 0 N–H and O–H groups in total. The van der Waals surface area contributed by atoms with E-state index in [1.165, 1.54) is 0 Å². The standard InChI is InChI=1S/C12H17NO3/c1-3-5-12(15-2)16-9-11-7-4-6-10(8-14)13-11/h4,6-8,12H,3,5,9H2,1-2H3. The monoisotopic (exact) mass is 223 g/mol. The topological polar surface area (TPSA) is 48.4 Å². The summed E-state index contributed by atoms with van der Waals surface area (Å²) in [5, 5.41) is 0. The minimum Gasteiger partial charge on any atom is -0.356 e. The van der Waals surface area contributed by atoms with Crippen molar-refractivity contribution in [2.45, 2.75) is 32.7 Å². The SMILES string of the molecule is CCCC(OC)OCc1cccc(C=O)n1. The summed E-state index contributed by atoms with van der Waals surface area (Å²) in [5.41, 5.74) is 1.16. The molecule has 4 heteroatoms. The summed E-state index contributed by atoms with van der Waals surface area (Å²) in [4.78, 5) is 14.6. The molecule has 0 aliphatic rings. The number of methoxy groups -OCH3 is 1. The summed E-state index contributed by atoms with van der Waals surface area (Å²) in [5.74, 6) is 0. The normalized spacial score (nSPS) is 12.4. The molecule has 1 aromatic heterocycles. The lowest BCUT2D eigenvalue weighted by Gasteiger charge is -2.14. The number of ether oxygens (including phenoxy) is 2. The Labute approximate surface area is 95.6 Å². The largest absolute Gasteiger partial charge is 0.356 e. The molecule has 1 heterocycles. The summed E-state index contributed by atoms with van der Waals surface area (Å²) in [7, 11) is 1.62. The van der Waals surface area contributed by atoms with Crippen molar-refractivity contribution in [2.75, 3.05) is 7.11 Å². The van der Waals surface area contributed by atoms with Crippen molar-refractivity contribution in [1.82, 2.24) is 4.98 Å². The van der Waals surface area contributed by atoms with Crippen LogP contribution in [0.4, 0.5) is 0 Å². The number of nitrogens with zero attached hydrogens (tertiary/aromatic N) is 1. The van der Waals surface area contributed by atoms with E-state index in [0.717, 1.165) is 24.8 Å². The molecule has 16 heavy (non-hydrogen) atoms. The zero-order chi connectivity index (χ0) is 11.8. The van der Waals surface area contributed by atoms with E-state index in [1.807, 2.05) is 6.07 Å². The molecule has 0 aromatic carbocycles. The quantitative estimate of drug-likeness (QED) is 0.525. The first-order valence-corrected chi connectivity index (χ1v) is 5.35. The van der Waals surface area contributed by atoms with Gasteiger partial charge in [0.05, 0.1) is 12.3 Å². The van der Waals surface area contributed by atoms with Gasteiger partial charge in [0.2, 0.25) is 0 Å². The van der Waals surface area contributed by atoms with Gasteiger partial charge in [-0.2, -0.15) is 0 Å². The van der Waals surface area contributed by atoms with E-state index in [1.54, 1.807) is 19.2 Å². The van der Waals surface area contributed by atoms with E-state index in [-0.39, 0.29) is 6.29 Å². The van der Waals surface area contributed by atoms with Gasteiger partial charge in [-0.25, -0.2) is 4.98 Å². The Balaban J connectivity index is 2.49. The van der Waals surface area contributed by atoms with Crippen molar-refractivity contribution < 1.29 is 14.3 Å². The van der Waals surface area contributed by atoms with Crippen LogP contribution < -0.4 is 0 Å². The minimum atomic E-state index is -0.202. The van der Waals surface area contributed by atoms with Crippen LogP contribution in [0.1, 0.15) is 35.9 Å². The number of aldehydes is 1. The summed E-state index contributed by atoms with van der Waals surface area (Å²) >= 11 is 0. The lowest BCUT2D eigenvalue weighted by Crippen LogP contribution is -2.15. The Hall–Kier alpha value is -1.26. The maximum absolute atomic E-state index is 10.5. The Morgan fingerprint density at radius 1 is 1.50 bits per heavy atom. The Morgan fingerprint density at radius 3 is 2.94 bits per heavy atom. The Kier molecular flexibility index (Phi) is 5.67. The van der Waals surface area contributed by atoms with E-state index in [0.29, 0.717) is 12.3 Å². The van der Waals surface area contributed by atoms with Crippen LogP contribution in [0.5, 0.6) is 0 Å². The van der Waals surface area contributed by atoms with Crippen LogP contribution in [0.15, 0.2) is 18.2 Å². The molecule has 4 nitrogen and oxygen atoms in total. The number of aromatic nitrogens is 1. The highest BCUT2D eigenvalue weighted by atomic mass is 16.7. The number of hydrogen-bond donors (Lipinski definition) is 0. The first-order chi connectivity index (χ1) is 7.80. The molecular formula is C12H17NO3. The van der Waals surface area contributed by atoms with E-state index in [4.69, 9.17) is 9.47 Å². The molecule has 0 fully saturated rings. The van der Waals surface area contributed by atoms with Gasteiger partial charge in [-0.3, -0.25) is 4.79 Å². The number of rotatable bonds is 7. The fourth-order valence-corrected chi connectivity index (χ4v) is 1.33. The summed E-state index contributed by atoms with van der Waals surface area (Å²) in [6.07, 6.45) is 2.37. The smallest absolute Gasteiger partial charge is 0.168 e. The van der Waals surface area contributed by atoms with E-state index in [2.05, 4.69) is 11.9 Å². The third-order valence-electron chi connectivity index (χ3n) is 2.15. The highest BCUT2D eigenvalue weighted by molar-refractivity contribution is 5.71. The molecule has 0 spiro atoms. The molecule has 88 valence electrons. The maximum atomic E-state index is 10.5. The van der Waals surface area contributed by atoms with Gasteiger partial charge in [0, 0.05) is 7.11 Å². The number of hydrogen-bond acceptors (Lipinski definition) is 4. The molecule has 1 rings (SSSR count). The van der Waals surface area contributed by atoms with Gasteiger partial charge in [-0.05, 0) is 18.6 Å². The molecule has 0 radical (unpaired) electrons. The van der Waals surface area contributed by atoms with Gasteiger partial charge in [0.1, 0.15) is 5.69 Å². The molecule has 0 amide bonds. The zero-order valence-corrected chi connectivity index (χ0v) is 9.68. The molecule has 0 saturated heterocycles. The van der Waals surface area contributed by atoms with Crippen LogP contribution >= 0.6 is 0 Å². The molecule has 1 aromatic rings. The first-order valence-electron chi connectivity index (χ1n) is 5.35. The second-order valence-corrected chi connectivity index (χ2v) is 3.44. The second-order valence-electron chi connectivity index (χ2n) is 3.44. The van der Waals surface area contributed by atoms with Gasteiger partial charge in [0.25, 0.3) is 0 Å². The van der Waals surface area contributed by atoms with E-state index in [9.17, 15) is 4.79 Å². The third kappa shape index (κ3) is 4.08. The van der Waals surface area contributed by atoms with Crippen molar-refractivity contribution >= 4 is 6.29 Å². The fourth-order valence-electron chi connectivity index (χ4n) is 1.33.